The van der Waals surface area contributed by atoms with Crippen LogP contribution in [0.3, 0.4) is 0 Å². The average molecular weight is 281 g/mol. The molecule has 0 aliphatic carbocycles. The van der Waals surface area contributed by atoms with E-state index in [1.165, 1.54) is 10.6 Å². The van der Waals surface area contributed by atoms with Gasteiger partial charge >= 0.3 is 0 Å². The zero-order valence-corrected chi connectivity index (χ0v) is 11.8. The Hall–Kier alpha value is -1.27. The summed E-state index contributed by atoms with van der Waals surface area (Å²) in [5, 5.41) is 6.70. The van der Waals surface area contributed by atoms with Gasteiger partial charge in [0.1, 0.15) is 0 Å². The lowest BCUT2D eigenvalue weighted by Gasteiger charge is -2.21. The monoisotopic (exact) mass is 281 g/mol. The van der Waals surface area contributed by atoms with Crippen LogP contribution in [-0.4, -0.2) is 34.6 Å². The minimum absolute atomic E-state index is 0.0119. The Balaban J connectivity index is 1.80. The van der Waals surface area contributed by atoms with Crippen molar-refractivity contribution in [2.45, 2.75) is 18.1 Å². The van der Waals surface area contributed by atoms with Crippen LogP contribution in [0.5, 0.6) is 0 Å². The zero-order chi connectivity index (χ0) is 13.7. The molecule has 1 amide bonds. The topological polar surface area (TPSA) is 63.1 Å². The summed E-state index contributed by atoms with van der Waals surface area (Å²) >= 11 is 1.71. The lowest BCUT2D eigenvalue weighted by Crippen LogP contribution is -2.30. The first-order chi connectivity index (χ1) is 9.15. The molecular weight excluding hydrogens is 262 g/mol. The van der Waals surface area contributed by atoms with Gasteiger partial charge in [-0.05, 0) is 32.0 Å². The second-order valence-corrected chi connectivity index (χ2v) is 5.96. The lowest BCUT2D eigenvalue weighted by molar-refractivity contribution is -0.113. The van der Waals surface area contributed by atoms with Gasteiger partial charge < -0.3 is 15.2 Å². The van der Waals surface area contributed by atoms with Crippen molar-refractivity contribution in [3.8, 4) is 0 Å². The van der Waals surface area contributed by atoms with Gasteiger partial charge in [0.25, 0.3) is 0 Å². The molecule has 5 nitrogen and oxygen atoms in total. The number of nitrogens with zero attached hydrogens (tertiary/aromatic N) is 1. The van der Waals surface area contributed by atoms with E-state index in [9.17, 15) is 9.59 Å². The molecule has 0 radical (unpaired) electrons. The van der Waals surface area contributed by atoms with E-state index in [0.29, 0.717) is 16.7 Å². The van der Waals surface area contributed by atoms with Crippen LogP contribution < -0.4 is 16.2 Å². The van der Waals surface area contributed by atoms with Gasteiger partial charge in [0.05, 0.1) is 11.4 Å². The maximum atomic E-state index is 11.8. The molecular formula is C13H19N3O2S. The Morgan fingerprint density at radius 3 is 2.89 bits per heavy atom. The maximum Gasteiger partial charge on any atom is 0.250 e. The normalized spacial score (nSPS) is 16.3. The molecule has 0 atom stereocenters. The van der Waals surface area contributed by atoms with Crippen LogP contribution in [0, 0.1) is 0 Å². The molecule has 2 heterocycles. The SMILES string of the molecule is Cn1cc(NC(=O)CSC2CCNCC2)ccc1=O. The van der Waals surface area contributed by atoms with Crippen LogP contribution in [0.4, 0.5) is 5.69 Å². The molecule has 2 rings (SSSR count). The highest BCUT2D eigenvalue weighted by Crippen LogP contribution is 2.20. The molecule has 1 aliphatic heterocycles. The number of carbonyl (C=O) groups is 1. The highest BCUT2D eigenvalue weighted by molar-refractivity contribution is 8.00. The Kier molecular flexibility index (Phi) is 5.04. The van der Waals surface area contributed by atoms with Gasteiger partial charge in [0, 0.05) is 24.6 Å². The third-order valence-electron chi connectivity index (χ3n) is 3.11. The molecule has 104 valence electrons. The van der Waals surface area contributed by atoms with Crippen molar-refractivity contribution in [2.75, 3.05) is 24.2 Å². The molecule has 0 saturated carbocycles. The van der Waals surface area contributed by atoms with Crippen molar-refractivity contribution in [3.05, 3.63) is 28.7 Å². The van der Waals surface area contributed by atoms with E-state index in [2.05, 4.69) is 10.6 Å². The Morgan fingerprint density at radius 1 is 1.47 bits per heavy atom. The summed E-state index contributed by atoms with van der Waals surface area (Å²) < 4.78 is 1.45. The first-order valence-corrected chi connectivity index (χ1v) is 7.49. The van der Waals surface area contributed by atoms with Crippen LogP contribution >= 0.6 is 11.8 Å². The van der Waals surface area contributed by atoms with Crippen LogP contribution in [0.25, 0.3) is 0 Å². The largest absolute Gasteiger partial charge is 0.324 e. The number of piperidine rings is 1. The van der Waals surface area contributed by atoms with Crippen LogP contribution in [0.2, 0.25) is 0 Å². The van der Waals surface area contributed by atoms with Crippen molar-refractivity contribution in [1.29, 1.82) is 0 Å². The molecule has 1 saturated heterocycles. The van der Waals surface area contributed by atoms with Gasteiger partial charge in [-0.2, -0.15) is 0 Å². The number of aryl methyl sites for hydroxylation is 1. The van der Waals surface area contributed by atoms with Crippen molar-refractivity contribution in [2.24, 2.45) is 7.05 Å². The molecule has 0 unspecified atom stereocenters. The van der Waals surface area contributed by atoms with E-state index in [1.807, 2.05) is 0 Å². The number of pyridine rings is 1. The van der Waals surface area contributed by atoms with Crippen molar-refractivity contribution < 1.29 is 4.79 Å². The number of carbonyl (C=O) groups excluding carboxylic acids is 1. The summed E-state index contributed by atoms with van der Waals surface area (Å²) in [6.07, 6.45) is 3.88. The van der Waals surface area contributed by atoms with Crippen LogP contribution in [0.1, 0.15) is 12.8 Å². The zero-order valence-electron chi connectivity index (χ0n) is 11.0. The number of aromatic nitrogens is 1. The van der Waals surface area contributed by atoms with E-state index >= 15 is 0 Å². The fourth-order valence-electron chi connectivity index (χ4n) is 2.02. The third kappa shape index (κ3) is 4.40. The Morgan fingerprint density at radius 2 is 2.21 bits per heavy atom. The van der Waals surface area contributed by atoms with Crippen LogP contribution in [0.15, 0.2) is 23.1 Å². The first-order valence-electron chi connectivity index (χ1n) is 6.44. The molecule has 1 aromatic heterocycles. The first kappa shape index (κ1) is 14.1. The van der Waals surface area contributed by atoms with Gasteiger partial charge in [0.2, 0.25) is 11.5 Å². The van der Waals surface area contributed by atoms with E-state index in [-0.39, 0.29) is 11.5 Å². The third-order valence-corrected chi connectivity index (χ3v) is 4.48. The summed E-state index contributed by atoms with van der Waals surface area (Å²) in [5.41, 5.74) is 0.583. The van der Waals surface area contributed by atoms with Crippen molar-refractivity contribution in [3.63, 3.8) is 0 Å². The highest BCUT2D eigenvalue weighted by Gasteiger charge is 2.14. The fraction of sp³-hybridized carbons (Fsp3) is 0.538. The van der Waals surface area contributed by atoms with Gasteiger partial charge in [-0.3, -0.25) is 9.59 Å². The molecule has 6 heteroatoms. The van der Waals surface area contributed by atoms with E-state index in [0.717, 1.165) is 25.9 Å². The minimum atomic E-state index is -0.0814. The standard InChI is InChI=1S/C13H19N3O2S/c1-16-8-10(2-3-13(16)18)15-12(17)9-19-11-4-6-14-7-5-11/h2-3,8,11,14H,4-7,9H2,1H3,(H,15,17). The highest BCUT2D eigenvalue weighted by atomic mass is 32.2. The Bertz CT molecular complexity index is 495. The summed E-state index contributed by atoms with van der Waals surface area (Å²) in [4.78, 5) is 23.0. The molecule has 2 N–H and O–H groups in total. The average Bonchev–Trinajstić information content (AvgIpc) is 2.42. The molecule has 0 aromatic carbocycles. The number of hydrogen-bond donors (Lipinski definition) is 2. The lowest BCUT2D eigenvalue weighted by atomic mass is 10.2. The van der Waals surface area contributed by atoms with E-state index < -0.39 is 0 Å². The van der Waals surface area contributed by atoms with Crippen molar-refractivity contribution >= 4 is 23.4 Å². The summed E-state index contributed by atoms with van der Waals surface area (Å²) in [6.45, 7) is 2.08. The summed E-state index contributed by atoms with van der Waals surface area (Å²) in [5.74, 6) is 0.454. The van der Waals surface area contributed by atoms with Gasteiger partial charge in [-0.25, -0.2) is 0 Å². The summed E-state index contributed by atoms with van der Waals surface area (Å²) in [7, 11) is 1.67. The molecule has 1 aromatic rings. The number of hydrogen-bond acceptors (Lipinski definition) is 4. The van der Waals surface area contributed by atoms with Gasteiger partial charge in [0.15, 0.2) is 0 Å². The predicted octanol–water partition coefficient (Wildman–Crippen LogP) is 0.809. The molecule has 1 aliphatic rings. The molecule has 1 fully saturated rings. The number of rotatable bonds is 4. The number of amides is 1. The quantitative estimate of drug-likeness (QED) is 0.857. The van der Waals surface area contributed by atoms with E-state index in [4.69, 9.17) is 0 Å². The second kappa shape index (κ2) is 6.77. The minimum Gasteiger partial charge on any atom is -0.324 e. The van der Waals surface area contributed by atoms with Gasteiger partial charge in [-0.1, -0.05) is 0 Å². The van der Waals surface area contributed by atoms with Gasteiger partial charge in [-0.15, -0.1) is 11.8 Å². The molecule has 0 spiro atoms. The Labute approximate surface area is 116 Å². The second-order valence-electron chi connectivity index (χ2n) is 4.68. The molecule has 0 bridgehead atoms. The van der Waals surface area contributed by atoms with Crippen molar-refractivity contribution in [1.82, 2.24) is 9.88 Å². The fourth-order valence-corrected chi connectivity index (χ4v) is 3.05. The number of anilines is 1. The van der Waals surface area contributed by atoms with Crippen LogP contribution in [-0.2, 0) is 11.8 Å². The number of thioether (sulfide) groups is 1. The summed E-state index contributed by atoms with van der Waals surface area (Å²) in [6, 6.07) is 3.09. The predicted molar refractivity (Wildman–Crippen MR) is 78.7 cm³/mol. The van der Waals surface area contributed by atoms with E-state index in [1.54, 1.807) is 31.1 Å². The maximum absolute atomic E-state index is 11.8. The number of nitrogens with one attached hydrogen (secondary N) is 2. The molecule has 19 heavy (non-hydrogen) atoms. The smallest absolute Gasteiger partial charge is 0.250 e.